The summed E-state index contributed by atoms with van der Waals surface area (Å²) in [5.74, 6) is -1.05. The first kappa shape index (κ1) is 14.1. The lowest BCUT2D eigenvalue weighted by atomic mass is 10.1. The van der Waals surface area contributed by atoms with Crippen LogP contribution >= 0.6 is 0 Å². The Morgan fingerprint density at radius 2 is 1.89 bits per heavy atom. The number of nitrogens with two attached hydrogens (primary N) is 1. The molecule has 6 nitrogen and oxygen atoms in total. The summed E-state index contributed by atoms with van der Waals surface area (Å²) in [5, 5.41) is 0. The summed E-state index contributed by atoms with van der Waals surface area (Å²) in [6.45, 7) is 0.463. The topological polar surface area (TPSA) is 84.7 Å². The molecule has 0 bridgehead atoms. The van der Waals surface area contributed by atoms with Crippen LogP contribution in [-0.4, -0.2) is 37.4 Å². The van der Waals surface area contributed by atoms with Gasteiger partial charge in [-0.25, -0.2) is 5.48 Å². The molecule has 1 aromatic carbocycles. The van der Waals surface area contributed by atoms with Gasteiger partial charge in [0, 0.05) is 12.1 Å². The molecule has 0 aliphatic rings. The van der Waals surface area contributed by atoms with E-state index in [1.807, 2.05) is 31.1 Å². The van der Waals surface area contributed by atoms with Crippen LogP contribution in [0.25, 0.3) is 0 Å². The van der Waals surface area contributed by atoms with E-state index in [1.165, 1.54) is 0 Å². The third-order valence-electron chi connectivity index (χ3n) is 2.09. The number of amides is 2. The van der Waals surface area contributed by atoms with Gasteiger partial charge in [-0.2, -0.15) is 0 Å². The summed E-state index contributed by atoms with van der Waals surface area (Å²) in [7, 11) is 3.94. The zero-order chi connectivity index (χ0) is 13.5. The van der Waals surface area contributed by atoms with Crippen molar-refractivity contribution in [2.24, 2.45) is 5.73 Å². The molecule has 0 aliphatic carbocycles. The van der Waals surface area contributed by atoms with Gasteiger partial charge in [0.25, 0.3) is 5.91 Å². The van der Waals surface area contributed by atoms with Crippen molar-refractivity contribution in [2.45, 2.75) is 6.54 Å². The second kappa shape index (κ2) is 6.73. The zero-order valence-electron chi connectivity index (χ0n) is 10.5. The van der Waals surface area contributed by atoms with E-state index in [2.05, 4.69) is 10.3 Å². The highest BCUT2D eigenvalue weighted by molar-refractivity contribution is 5.93. The summed E-state index contributed by atoms with van der Waals surface area (Å²) >= 11 is 0. The van der Waals surface area contributed by atoms with Gasteiger partial charge in [-0.3, -0.25) is 14.4 Å². The van der Waals surface area contributed by atoms with Crippen LogP contribution in [0.1, 0.15) is 15.9 Å². The van der Waals surface area contributed by atoms with E-state index >= 15 is 0 Å². The molecule has 18 heavy (non-hydrogen) atoms. The van der Waals surface area contributed by atoms with Crippen LogP contribution in [0, 0.1) is 0 Å². The molecular weight excluding hydrogens is 234 g/mol. The Labute approximate surface area is 106 Å². The molecule has 0 unspecified atom stereocenters. The van der Waals surface area contributed by atoms with Crippen molar-refractivity contribution in [1.29, 1.82) is 0 Å². The summed E-state index contributed by atoms with van der Waals surface area (Å²) in [5.41, 5.74) is 8.57. The third kappa shape index (κ3) is 4.94. The molecule has 0 atom stereocenters. The SMILES string of the molecule is CN(C)Cc1ccc(C(=O)NOCC(N)=O)cc1. The minimum absolute atomic E-state index is 0.343. The Balaban J connectivity index is 2.51. The number of carbonyl (C=O) groups excluding carboxylic acids is 2. The Bertz CT molecular complexity index is 415. The largest absolute Gasteiger partial charge is 0.368 e. The van der Waals surface area contributed by atoms with Gasteiger partial charge >= 0.3 is 0 Å². The summed E-state index contributed by atoms with van der Waals surface area (Å²) < 4.78 is 0. The molecule has 0 fully saturated rings. The normalized spacial score (nSPS) is 10.4. The number of nitrogens with zero attached hydrogens (tertiary/aromatic N) is 1. The molecule has 98 valence electrons. The van der Waals surface area contributed by atoms with Gasteiger partial charge in [0.2, 0.25) is 5.91 Å². The molecule has 3 N–H and O–H groups in total. The predicted molar refractivity (Wildman–Crippen MR) is 66.4 cm³/mol. The van der Waals surface area contributed by atoms with Crippen LogP contribution in [0.5, 0.6) is 0 Å². The highest BCUT2D eigenvalue weighted by Crippen LogP contribution is 2.06. The number of hydroxylamine groups is 1. The van der Waals surface area contributed by atoms with Crippen molar-refractivity contribution < 1.29 is 14.4 Å². The first-order valence-corrected chi connectivity index (χ1v) is 5.43. The number of primary amides is 1. The molecular formula is C12H17N3O3. The standard InChI is InChI=1S/C12H17N3O3/c1-15(2)7-9-3-5-10(6-4-9)12(17)14-18-8-11(13)16/h3-6H,7-8H2,1-2H3,(H2,13,16)(H,14,17). The maximum absolute atomic E-state index is 11.6. The van der Waals surface area contributed by atoms with Crippen LogP contribution in [0.4, 0.5) is 0 Å². The average molecular weight is 251 g/mol. The number of hydrogen-bond acceptors (Lipinski definition) is 4. The van der Waals surface area contributed by atoms with Gasteiger partial charge < -0.3 is 10.6 Å². The van der Waals surface area contributed by atoms with Gasteiger partial charge in [-0.1, -0.05) is 12.1 Å². The molecule has 0 saturated carbocycles. The van der Waals surface area contributed by atoms with E-state index in [0.29, 0.717) is 5.56 Å². The van der Waals surface area contributed by atoms with E-state index in [1.54, 1.807) is 12.1 Å². The molecule has 0 heterocycles. The minimum atomic E-state index is -0.642. The summed E-state index contributed by atoms with van der Waals surface area (Å²) in [4.78, 5) is 28.6. The fourth-order valence-electron chi connectivity index (χ4n) is 1.36. The number of hydrogen-bond donors (Lipinski definition) is 2. The summed E-state index contributed by atoms with van der Waals surface area (Å²) in [6.07, 6.45) is 0. The first-order chi connectivity index (χ1) is 8.49. The minimum Gasteiger partial charge on any atom is -0.368 e. The first-order valence-electron chi connectivity index (χ1n) is 5.43. The maximum Gasteiger partial charge on any atom is 0.274 e. The molecule has 0 spiro atoms. The van der Waals surface area contributed by atoms with Crippen LogP contribution in [-0.2, 0) is 16.2 Å². The number of rotatable bonds is 6. The third-order valence-corrected chi connectivity index (χ3v) is 2.09. The Hall–Kier alpha value is -1.92. The second-order valence-corrected chi connectivity index (χ2v) is 4.12. The monoisotopic (exact) mass is 251 g/mol. The molecule has 1 rings (SSSR count). The number of nitrogens with one attached hydrogen (secondary N) is 1. The van der Waals surface area contributed by atoms with Gasteiger partial charge in [0.1, 0.15) is 0 Å². The Kier molecular flexibility index (Phi) is 5.29. The molecule has 1 aromatic rings. The van der Waals surface area contributed by atoms with Crippen LogP contribution in [0.15, 0.2) is 24.3 Å². The van der Waals surface area contributed by atoms with Gasteiger partial charge in [-0.05, 0) is 31.8 Å². The second-order valence-electron chi connectivity index (χ2n) is 4.12. The number of benzene rings is 1. The molecule has 0 saturated heterocycles. The van der Waals surface area contributed by atoms with Crippen molar-refractivity contribution in [3.8, 4) is 0 Å². The average Bonchev–Trinajstić information content (AvgIpc) is 2.28. The fraction of sp³-hybridized carbons (Fsp3) is 0.333. The molecule has 0 radical (unpaired) electrons. The predicted octanol–water partition coefficient (Wildman–Crippen LogP) is -0.105. The van der Waals surface area contributed by atoms with Crippen molar-refractivity contribution in [3.05, 3.63) is 35.4 Å². The van der Waals surface area contributed by atoms with Crippen LogP contribution in [0.3, 0.4) is 0 Å². The van der Waals surface area contributed by atoms with E-state index in [0.717, 1.165) is 12.1 Å². The molecule has 2 amide bonds. The highest BCUT2D eigenvalue weighted by Gasteiger charge is 2.06. The lowest BCUT2D eigenvalue weighted by molar-refractivity contribution is -0.124. The van der Waals surface area contributed by atoms with Crippen molar-refractivity contribution in [1.82, 2.24) is 10.4 Å². The summed E-state index contributed by atoms with van der Waals surface area (Å²) in [6, 6.07) is 7.12. The maximum atomic E-state index is 11.6. The smallest absolute Gasteiger partial charge is 0.274 e. The van der Waals surface area contributed by atoms with Crippen molar-refractivity contribution in [3.63, 3.8) is 0 Å². The molecule has 0 aromatic heterocycles. The van der Waals surface area contributed by atoms with Crippen LogP contribution in [0.2, 0.25) is 0 Å². The van der Waals surface area contributed by atoms with Gasteiger partial charge in [-0.15, -0.1) is 0 Å². The van der Waals surface area contributed by atoms with Crippen molar-refractivity contribution >= 4 is 11.8 Å². The lowest BCUT2D eigenvalue weighted by Crippen LogP contribution is -2.29. The fourth-order valence-corrected chi connectivity index (χ4v) is 1.36. The van der Waals surface area contributed by atoms with E-state index in [4.69, 9.17) is 5.73 Å². The molecule has 6 heteroatoms. The lowest BCUT2D eigenvalue weighted by Gasteiger charge is -2.10. The van der Waals surface area contributed by atoms with Crippen molar-refractivity contribution in [2.75, 3.05) is 20.7 Å². The zero-order valence-corrected chi connectivity index (χ0v) is 10.5. The Morgan fingerprint density at radius 3 is 2.39 bits per heavy atom. The van der Waals surface area contributed by atoms with E-state index < -0.39 is 11.8 Å². The van der Waals surface area contributed by atoms with Gasteiger partial charge in [0.05, 0.1) is 0 Å². The highest BCUT2D eigenvalue weighted by atomic mass is 16.7. The van der Waals surface area contributed by atoms with Crippen LogP contribution < -0.4 is 11.2 Å². The van der Waals surface area contributed by atoms with E-state index in [-0.39, 0.29) is 6.61 Å². The molecule has 0 aliphatic heterocycles. The Morgan fingerprint density at radius 1 is 1.28 bits per heavy atom. The van der Waals surface area contributed by atoms with E-state index in [9.17, 15) is 9.59 Å². The van der Waals surface area contributed by atoms with Gasteiger partial charge in [0.15, 0.2) is 6.61 Å². The number of carbonyl (C=O) groups is 2. The quantitative estimate of drug-likeness (QED) is 0.691.